The maximum absolute atomic E-state index is 12.5. The molecular formula is C15H21ClN2O3. The molecule has 2 atom stereocenters. The van der Waals surface area contributed by atoms with Crippen LogP contribution in [0.4, 0.5) is 0 Å². The number of fused-ring (bicyclic) bond motifs is 1. The first-order chi connectivity index (χ1) is 9.78. The third-order valence-electron chi connectivity index (χ3n) is 3.95. The van der Waals surface area contributed by atoms with Crippen LogP contribution in [0.1, 0.15) is 12.8 Å². The van der Waals surface area contributed by atoms with Crippen LogP contribution in [0.15, 0.2) is 24.3 Å². The van der Waals surface area contributed by atoms with E-state index in [0.717, 1.165) is 25.9 Å². The number of carbonyl (C=O) groups is 1. The Morgan fingerprint density at radius 3 is 2.86 bits per heavy atom. The van der Waals surface area contributed by atoms with Crippen molar-refractivity contribution in [2.75, 3.05) is 26.2 Å². The highest BCUT2D eigenvalue weighted by Gasteiger charge is 2.33. The summed E-state index contributed by atoms with van der Waals surface area (Å²) in [6.45, 7) is 2.43. The van der Waals surface area contributed by atoms with E-state index < -0.39 is 6.10 Å². The lowest BCUT2D eigenvalue weighted by atomic mass is 9.98. The van der Waals surface area contributed by atoms with Crippen LogP contribution in [-0.2, 0) is 4.79 Å². The molecule has 2 aliphatic rings. The van der Waals surface area contributed by atoms with Crippen molar-refractivity contribution in [3.05, 3.63) is 24.3 Å². The SMILES string of the molecule is Cl.NCC1CCCN(C(=O)C2COc3ccccc3O2)C1. The second kappa shape index (κ2) is 7.00. The number of likely N-dealkylation sites (tertiary alicyclic amines) is 1. The Bertz CT molecular complexity index is 498. The van der Waals surface area contributed by atoms with Gasteiger partial charge < -0.3 is 20.1 Å². The van der Waals surface area contributed by atoms with Crippen LogP contribution in [0.3, 0.4) is 0 Å². The Balaban J connectivity index is 0.00000161. The number of nitrogens with two attached hydrogens (primary N) is 1. The molecule has 2 N–H and O–H groups in total. The molecule has 2 heterocycles. The number of rotatable bonds is 2. The third kappa shape index (κ3) is 3.41. The van der Waals surface area contributed by atoms with Crippen molar-refractivity contribution in [1.82, 2.24) is 4.90 Å². The van der Waals surface area contributed by atoms with Crippen molar-refractivity contribution in [1.29, 1.82) is 0 Å². The van der Waals surface area contributed by atoms with Gasteiger partial charge in [0.05, 0.1) is 0 Å². The summed E-state index contributed by atoms with van der Waals surface area (Å²) in [7, 11) is 0. The number of amides is 1. The zero-order valence-electron chi connectivity index (χ0n) is 11.9. The Hall–Kier alpha value is -1.46. The maximum atomic E-state index is 12.5. The highest BCUT2D eigenvalue weighted by Crippen LogP contribution is 2.31. The molecule has 0 aromatic heterocycles. The van der Waals surface area contributed by atoms with Gasteiger partial charge in [0.2, 0.25) is 6.10 Å². The molecule has 0 bridgehead atoms. The fourth-order valence-electron chi connectivity index (χ4n) is 2.80. The number of hydrogen-bond donors (Lipinski definition) is 1. The van der Waals surface area contributed by atoms with Crippen LogP contribution in [0.5, 0.6) is 11.5 Å². The predicted octanol–water partition coefficient (Wildman–Crippen LogP) is 1.45. The molecule has 3 rings (SSSR count). The average molecular weight is 313 g/mol. The fraction of sp³-hybridized carbons (Fsp3) is 0.533. The molecule has 21 heavy (non-hydrogen) atoms. The quantitative estimate of drug-likeness (QED) is 0.897. The van der Waals surface area contributed by atoms with Crippen molar-refractivity contribution in [3.8, 4) is 11.5 Å². The van der Waals surface area contributed by atoms with Crippen LogP contribution in [0.25, 0.3) is 0 Å². The van der Waals surface area contributed by atoms with Gasteiger partial charge in [-0.2, -0.15) is 0 Å². The van der Waals surface area contributed by atoms with Gasteiger partial charge in [0.15, 0.2) is 11.5 Å². The molecule has 1 aromatic carbocycles. The van der Waals surface area contributed by atoms with E-state index in [1.165, 1.54) is 0 Å². The van der Waals surface area contributed by atoms with Gasteiger partial charge in [0.25, 0.3) is 5.91 Å². The van der Waals surface area contributed by atoms with E-state index >= 15 is 0 Å². The Morgan fingerprint density at radius 1 is 1.33 bits per heavy atom. The Labute approximate surface area is 130 Å². The molecule has 2 unspecified atom stereocenters. The molecule has 1 fully saturated rings. The number of hydrogen-bond acceptors (Lipinski definition) is 4. The summed E-state index contributed by atoms with van der Waals surface area (Å²) >= 11 is 0. The summed E-state index contributed by atoms with van der Waals surface area (Å²) in [5.41, 5.74) is 5.71. The van der Waals surface area contributed by atoms with Gasteiger partial charge in [-0.25, -0.2) is 0 Å². The van der Waals surface area contributed by atoms with Gasteiger partial charge in [-0.15, -0.1) is 12.4 Å². The van der Waals surface area contributed by atoms with Crippen molar-refractivity contribution in [3.63, 3.8) is 0 Å². The number of para-hydroxylation sites is 2. The molecule has 1 saturated heterocycles. The lowest BCUT2D eigenvalue weighted by Crippen LogP contribution is -2.50. The third-order valence-corrected chi connectivity index (χ3v) is 3.95. The summed E-state index contributed by atoms with van der Waals surface area (Å²) in [6, 6.07) is 7.44. The highest BCUT2D eigenvalue weighted by atomic mass is 35.5. The van der Waals surface area contributed by atoms with Crippen LogP contribution in [0, 0.1) is 5.92 Å². The molecular weight excluding hydrogens is 292 g/mol. The normalized spacial score (nSPS) is 24.1. The molecule has 0 spiro atoms. The number of benzene rings is 1. The van der Waals surface area contributed by atoms with Crippen molar-refractivity contribution in [2.24, 2.45) is 11.7 Å². The largest absolute Gasteiger partial charge is 0.485 e. The van der Waals surface area contributed by atoms with Gasteiger partial charge in [-0.05, 0) is 37.4 Å². The molecule has 5 nitrogen and oxygen atoms in total. The Kier molecular flexibility index (Phi) is 5.31. The summed E-state index contributed by atoms with van der Waals surface area (Å²) in [6.07, 6.45) is 1.57. The maximum Gasteiger partial charge on any atom is 0.267 e. The number of nitrogens with zero attached hydrogens (tertiary/aromatic N) is 1. The summed E-state index contributed by atoms with van der Waals surface area (Å²) < 4.78 is 11.4. The predicted molar refractivity (Wildman–Crippen MR) is 82.0 cm³/mol. The summed E-state index contributed by atoms with van der Waals surface area (Å²) in [4.78, 5) is 14.4. The molecule has 116 valence electrons. The number of carbonyl (C=O) groups excluding carboxylic acids is 1. The minimum Gasteiger partial charge on any atom is -0.485 e. The molecule has 1 aromatic rings. The van der Waals surface area contributed by atoms with Gasteiger partial charge in [0.1, 0.15) is 6.61 Å². The minimum atomic E-state index is -0.540. The smallest absolute Gasteiger partial charge is 0.267 e. The van der Waals surface area contributed by atoms with E-state index in [2.05, 4.69) is 0 Å². The zero-order valence-corrected chi connectivity index (χ0v) is 12.7. The topological polar surface area (TPSA) is 64.8 Å². The first-order valence-electron chi connectivity index (χ1n) is 7.15. The molecule has 6 heteroatoms. The average Bonchev–Trinajstić information content (AvgIpc) is 2.53. The van der Waals surface area contributed by atoms with E-state index in [1.807, 2.05) is 29.2 Å². The molecule has 1 amide bonds. The number of piperidine rings is 1. The monoisotopic (exact) mass is 312 g/mol. The van der Waals surface area contributed by atoms with E-state index in [0.29, 0.717) is 24.0 Å². The first kappa shape index (κ1) is 15.9. The highest BCUT2D eigenvalue weighted by molar-refractivity contribution is 5.85. The second-order valence-corrected chi connectivity index (χ2v) is 5.39. The van der Waals surface area contributed by atoms with E-state index in [9.17, 15) is 4.79 Å². The van der Waals surface area contributed by atoms with E-state index in [4.69, 9.17) is 15.2 Å². The summed E-state index contributed by atoms with van der Waals surface area (Å²) in [5, 5.41) is 0. The van der Waals surface area contributed by atoms with Gasteiger partial charge in [-0.3, -0.25) is 4.79 Å². The van der Waals surface area contributed by atoms with Crippen molar-refractivity contribution < 1.29 is 14.3 Å². The van der Waals surface area contributed by atoms with Crippen LogP contribution in [0.2, 0.25) is 0 Å². The zero-order chi connectivity index (χ0) is 13.9. The number of ether oxygens (including phenoxy) is 2. The molecule has 0 saturated carbocycles. The molecule has 0 radical (unpaired) electrons. The standard InChI is InChI=1S/C15H20N2O3.ClH/c16-8-11-4-3-7-17(9-11)15(18)14-10-19-12-5-1-2-6-13(12)20-14;/h1-2,5-6,11,14H,3-4,7-10,16H2;1H. The van der Waals surface area contributed by atoms with E-state index in [-0.39, 0.29) is 24.9 Å². The molecule has 0 aliphatic carbocycles. The van der Waals surface area contributed by atoms with Gasteiger partial charge in [0, 0.05) is 13.1 Å². The van der Waals surface area contributed by atoms with Gasteiger partial charge in [-0.1, -0.05) is 12.1 Å². The minimum absolute atomic E-state index is 0. The molecule has 2 aliphatic heterocycles. The lowest BCUT2D eigenvalue weighted by Gasteiger charge is -2.35. The lowest BCUT2D eigenvalue weighted by molar-refractivity contribution is -0.143. The van der Waals surface area contributed by atoms with Gasteiger partial charge >= 0.3 is 0 Å². The van der Waals surface area contributed by atoms with Crippen LogP contribution >= 0.6 is 12.4 Å². The van der Waals surface area contributed by atoms with E-state index in [1.54, 1.807) is 0 Å². The van der Waals surface area contributed by atoms with Crippen LogP contribution in [-0.4, -0.2) is 43.2 Å². The fourth-order valence-corrected chi connectivity index (χ4v) is 2.80. The van der Waals surface area contributed by atoms with Crippen LogP contribution < -0.4 is 15.2 Å². The number of halogens is 1. The summed E-state index contributed by atoms with van der Waals surface area (Å²) in [5.74, 6) is 1.77. The van der Waals surface area contributed by atoms with Crippen molar-refractivity contribution in [2.45, 2.75) is 18.9 Å². The first-order valence-corrected chi connectivity index (χ1v) is 7.15. The van der Waals surface area contributed by atoms with Crippen molar-refractivity contribution >= 4 is 18.3 Å². The Morgan fingerprint density at radius 2 is 2.10 bits per heavy atom. The second-order valence-electron chi connectivity index (χ2n) is 5.39.